The maximum absolute atomic E-state index is 12.2. The van der Waals surface area contributed by atoms with Crippen LogP contribution in [-0.4, -0.2) is 41.7 Å². The van der Waals surface area contributed by atoms with E-state index in [1.807, 2.05) is 0 Å². The summed E-state index contributed by atoms with van der Waals surface area (Å²) in [5.74, 6) is -2.22. The number of aryl methyl sites for hydroxylation is 1. The van der Waals surface area contributed by atoms with Crippen molar-refractivity contribution in [3.63, 3.8) is 0 Å². The molecule has 0 bridgehead atoms. The number of nitrogens with zero attached hydrogens (tertiary/aromatic N) is 1. The second-order valence-corrected chi connectivity index (χ2v) is 5.92. The van der Waals surface area contributed by atoms with Gasteiger partial charge in [0, 0.05) is 37.5 Å². The van der Waals surface area contributed by atoms with Crippen molar-refractivity contribution in [1.29, 1.82) is 0 Å². The molecule has 0 radical (unpaired) electrons. The predicted molar refractivity (Wildman–Crippen MR) is 84.8 cm³/mol. The van der Waals surface area contributed by atoms with Crippen molar-refractivity contribution in [3.8, 4) is 0 Å². The topological polar surface area (TPSA) is 119 Å². The summed E-state index contributed by atoms with van der Waals surface area (Å²) in [6, 6.07) is 4.10. The fourth-order valence-electron chi connectivity index (χ4n) is 2.88. The number of nitrogens with one attached hydrogen (secondary N) is 1. The number of ether oxygens (including phenoxy) is 1. The molecule has 1 aromatic rings. The molecule has 0 saturated carbocycles. The number of nitro benzene ring substituents is 1. The van der Waals surface area contributed by atoms with Gasteiger partial charge < -0.3 is 15.2 Å². The van der Waals surface area contributed by atoms with Crippen LogP contribution in [0.2, 0.25) is 0 Å². The number of hydrogen-bond acceptors (Lipinski definition) is 5. The summed E-state index contributed by atoms with van der Waals surface area (Å²) in [5, 5.41) is 22.9. The van der Waals surface area contributed by atoms with Crippen LogP contribution in [-0.2, 0) is 9.53 Å². The molecule has 1 heterocycles. The van der Waals surface area contributed by atoms with Gasteiger partial charge in [-0.3, -0.25) is 19.7 Å². The average Bonchev–Trinajstić information content (AvgIpc) is 2.55. The highest BCUT2D eigenvalue weighted by molar-refractivity contribution is 5.95. The summed E-state index contributed by atoms with van der Waals surface area (Å²) in [4.78, 5) is 34.0. The highest BCUT2D eigenvalue weighted by Crippen LogP contribution is 2.24. The molecule has 1 amide bonds. The Morgan fingerprint density at radius 1 is 1.38 bits per heavy atom. The van der Waals surface area contributed by atoms with Crippen molar-refractivity contribution < 1.29 is 24.4 Å². The normalized spacial score (nSPS) is 16.4. The lowest BCUT2D eigenvalue weighted by molar-refractivity contribution is -0.384. The number of carboxylic acid groups (broad SMARTS) is 1. The standard InChI is InChI=1S/C16H20N2O6/c1-10-6-12(8-13(7-10)18(22)23)15(19)17-9-14(16(20)21)11-2-4-24-5-3-11/h6-8,11,14H,2-5,9H2,1H3,(H,17,19)(H,20,21). The summed E-state index contributed by atoms with van der Waals surface area (Å²) in [6.07, 6.45) is 1.28. The van der Waals surface area contributed by atoms with Crippen molar-refractivity contribution in [2.45, 2.75) is 19.8 Å². The van der Waals surface area contributed by atoms with E-state index in [2.05, 4.69) is 5.32 Å². The summed E-state index contributed by atoms with van der Waals surface area (Å²) >= 11 is 0. The quantitative estimate of drug-likeness (QED) is 0.603. The monoisotopic (exact) mass is 336 g/mol. The first-order valence-corrected chi connectivity index (χ1v) is 7.73. The van der Waals surface area contributed by atoms with Crippen LogP contribution in [0.3, 0.4) is 0 Å². The summed E-state index contributed by atoms with van der Waals surface area (Å²) in [5.41, 5.74) is 0.575. The van der Waals surface area contributed by atoms with Gasteiger partial charge in [0.2, 0.25) is 0 Å². The van der Waals surface area contributed by atoms with Crippen LogP contribution in [0.4, 0.5) is 5.69 Å². The van der Waals surface area contributed by atoms with Crippen LogP contribution in [0.1, 0.15) is 28.8 Å². The average molecular weight is 336 g/mol. The van der Waals surface area contributed by atoms with Crippen LogP contribution >= 0.6 is 0 Å². The molecule has 0 aliphatic carbocycles. The third-order valence-corrected chi connectivity index (χ3v) is 4.17. The van der Waals surface area contributed by atoms with E-state index < -0.39 is 22.7 Å². The van der Waals surface area contributed by atoms with Gasteiger partial charge >= 0.3 is 5.97 Å². The molecule has 8 heteroatoms. The third-order valence-electron chi connectivity index (χ3n) is 4.17. The zero-order valence-corrected chi connectivity index (χ0v) is 13.4. The number of benzene rings is 1. The van der Waals surface area contributed by atoms with Crippen LogP contribution in [0, 0.1) is 28.9 Å². The largest absolute Gasteiger partial charge is 0.481 e. The first kappa shape index (κ1) is 17.9. The molecule has 130 valence electrons. The number of non-ortho nitro benzene ring substituents is 1. The maximum Gasteiger partial charge on any atom is 0.308 e. The third kappa shape index (κ3) is 4.51. The SMILES string of the molecule is Cc1cc(C(=O)NCC(C(=O)O)C2CCOCC2)cc([N+](=O)[O-])c1. The van der Waals surface area contributed by atoms with Crippen LogP contribution in [0.25, 0.3) is 0 Å². The minimum Gasteiger partial charge on any atom is -0.481 e. The Bertz CT molecular complexity index is 639. The second kappa shape index (κ2) is 7.87. The van der Waals surface area contributed by atoms with Crippen LogP contribution < -0.4 is 5.32 Å². The van der Waals surface area contributed by atoms with E-state index in [-0.39, 0.29) is 23.7 Å². The van der Waals surface area contributed by atoms with Gasteiger partial charge in [0.1, 0.15) is 0 Å². The van der Waals surface area contributed by atoms with Crippen LogP contribution in [0.5, 0.6) is 0 Å². The molecule has 1 unspecified atom stereocenters. The molecule has 1 saturated heterocycles. The maximum atomic E-state index is 12.2. The lowest BCUT2D eigenvalue weighted by atomic mass is 9.86. The Morgan fingerprint density at radius 3 is 2.62 bits per heavy atom. The smallest absolute Gasteiger partial charge is 0.308 e. The molecule has 8 nitrogen and oxygen atoms in total. The Morgan fingerprint density at radius 2 is 2.04 bits per heavy atom. The van der Waals surface area contributed by atoms with E-state index in [9.17, 15) is 24.8 Å². The van der Waals surface area contributed by atoms with Gasteiger partial charge in [-0.25, -0.2) is 0 Å². The van der Waals surface area contributed by atoms with Crippen molar-refractivity contribution in [2.24, 2.45) is 11.8 Å². The van der Waals surface area contributed by atoms with Gasteiger partial charge in [-0.1, -0.05) is 0 Å². The Hall–Kier alpha value is -2.48. The minimum absolute atomic E-state index is 0.0133. The lowest BCUT2D eigenvalue weighted by Gasteiger charge is -2.27. The molecule has 1 fully saturated rings. The number of carbonyl (C=O) groups excluding carboxylic acids is 1. The predicted octanol–water partition coefficient (Wildman–Crippen LogP) is 1.76. The zero-order chi connectivity index (χ0) is 17.7. The first-order chi connectivity index (χ1) is 11.4. The van der Waals surface area contributed by atoms with Crippen molar-refractivity contribution in [3.05, 3.63) is 39.4 Å². The molecular formula is C16H20N2O6. The summed E-state index contributed by atoms with van der Waals surface area (Å²) < 4.78 is 5.23. The van der Waals surface area contributed by atoms with E-state index in [1.165, 1.54) is 18.2 Å². The minimum atomic E-state index is -0.961. The van der Waals surface area contributed by atoms with Crippen molar-refractivity contribution in [2.75, 3.05) is 19.8 Å². The molecule has 1 atom stereocenters. The fraction of sp³-hybridized carbons (Fsp3) is 0.500. The van der Waals surface area contributed by atoms with Crippen molar-refractivity contribution >= 4 is 17.6 Å². The Kier molecular flexibility index (Phi) is 5.86. The highest BCUT2D eigenvalue weighted by atomic mass is 16.6. The number of carbonyl (C=O) groups is 2. The lowest BCUT2D eigenvalue weighted by Crippen LogP contribution is -2.39. The summed E-state index contributed by atoms with van der Waals surface area (Å²) in [7, 11) is 0. The van der Waals surface area contributed by atoms with Gasteiger partial charge in [0.25, 0.3) is 11.6 Å². The number of carboxylic acids is 1. The molecule has 0 aromatic heterocycles. The van der Waals surface area contributed by atoms with Gasteiger partial charge in [-0.15, -0.1) is 0 Å². The van der Waals surface area contributed by atoms with Gasteiger partial charge in [-0.05, 0) is 37.3 Å². The van der Waals surface area contributed by atoms with Gasteiger partial charge in [0.15, 0.2) is 0 Å². The molecule has 0 spiro atoms. The van der Waals surface area contributed by atoms with Gasteiger partial charge in [0.05, 0.1) is 10.8 Å². The molecule has 1 aliphatic rings. The van der Waals surface area contributed by atoms with Crippen molar-refractivity contribution in [1.82, 2.24) is 5.32 Å². The number of rotatable bonds is 6. The molecule has 2 N–H and O–H groups in total. The number of hydrogen-bond donors (Lipinski definition) is 2. The number of amides is 1. The molecule has 24 heavy (non-hydrogen) atoms. The van der Waals surface area contributed by atoms with E-state index in [4.69, 9.17) is 4.74 Å². The Balaban J connectivity index is 2.05. The van der Waals surface area contributed by atoms with Crippen LogP contribution in [0.15, 0.2) is 18.2 Å². The van der Waals surface area contributed by atoms with Gasteiger partial charge in [-0.2, -0.15) is 0 Å². The van der Waals surface area contributed by atoms with E-state index >= 15 is 0 Å². The molecule has 2 rings (SSSR count). The summed E-state index contributed by atoms with van der Waals surface area (Å²) in [6.45, 7) is 2.69. The number of aliphatic carboxylic acids is 1. The van der Waals surface area contributed by atoms with E-state index in [1.54, 1.807) is 6.92 Å². The van der Waals surface area contributed by atoms with E-state index in [0.29, 0.717) is 31.6 Å². The first-order valence-electron chi connectivity index (χ1n) is 7.73. The Labute approximate surface area is 139 Å². The highest BCUT2D eigenvalue weighted by Gasteiger charge is 2.30. The zero-order valence-electron chi connectivity index (χ0n) is 13.4. The van der Waals surface area contributed by atoms with E-state index in [0.717, 1.165) is 0 Å². The number of nitro groups is 1. The second-order valence-electron chi connectivity index (χ2n) is 5.92. The fourth-order valence-corrected chi connectivity index (χ4v) is 2.88. The molecular weight excluding hydrogens is 316 g/mol. The molecule has 1 aromatic carbocycles. The molecule has 1 aliphatic heterocycles.